The Balaban J connectivity index is 1.62. The first-order chi connectivity index (χ1) is 12.7. The molecule has 5 nitrogen and oxygen atoms in total. The molecule has 5 heteroatoms. The van der Waals surface area contributed by atoms with Gasteiger partial charge in [0.25, 0.3) is 0 Å². The van der Waals surface area contributed by atoms with Gasteiger partial charge in [-0.2, -0.15) is 5.10 Å². The number of aromatic amines is 1. The highest BCUT2D eigenvalue weighted by atomic mass is 16.1. The molecule has 0 spiro atoms. The lowest BCUT2D eigenvalue weighted by atomic mass is 9.92. The number of nitrogens with one attached hydrogen (secondary N) is 2. The minimum Gasteiger partial charge on any atom is -0.330 e. The van der Waals surface area contributed by atoms with E-state index < -0.39 is 0 Å². The summed E-state index contributed by atoms with van der Waals surface area (Å²) >= 11 is 0. The molecule has 0 saturated heterocycles. The molecular formula is C21H20N4O. The molecule has 1 unspecified atom stereocenters. The van der Waals surface area contributed by atoms with Gasteiger partial charge in [-0.3, -0.25) is 9.89 Å². The van der Waals surface area contributed by atoms with Crippen molar-refractivity contribution in [3.8, 4) is 0 Å². The van der Waals surface area contributed by atoms with E-state index >= 15 is 0 Å². The maximum Gasteiger partial charge on any atom is 0.231 e. The van der Waals surface area contributed by atoms with Gasteiger partial charge in [-0.1, -0.05) is 42.5 Å². The second-order valence-electron chi connectivity index (χ2n) is 6.40. The average molecular weight is 344 g/mol. The standard InChI is InChI=1S/C21H20N4O/c22-10-9-19(16-6-5-14-3-1-2-4-15(14)11-16)21(26)24-18-7-8-20-17(12-18)13-23-25-20/h1-8,11-13,19H,9-10,22H2,(H,23,25)(H,24,26). The minimum absolute atomic E-state index is 0.0476. The molecule has 0 aliphatic rings. The molecule has 4 rings (SSSR count). The lowest BCUT2D eigenvalue weighted by Crippen LogP contribution is -2.23. The van der Waals surface area contributed by atoms with Crippen LogP contribution in [0.15, 0.2) is 66.9 Å². The van der Waals surface area contributed by atoms with E-state index in [0.717, 1.165) is 32.9 Å². The number of benzene rings is 3. The van der Waals surface area contributed by atoms with Crippen molar-refractivity contribution in [1.82, 2.24) is 10.2 Å². The first-order valence-corrected chi connectivity index (χ1v) is 8.67. The Bertz CT molecular complexity index is 1070. The van der Waals surface area contributed by atoms with E-state index in [9.17, 15) is 4.79 Å². The molecule has 0 aliphatic heterocycles. The summed E-state index contributed by atoms with van der Waals surface area (Å²) in [6.07, 6.45) is 2.34. The molecule has 0 fully saturated rings. The quantitative estimate of drug-likeness (QED) is 0.515. The van der Waals surface area contributed by atoms with Crippen LogP contribution in [0.2, 0.25) is 0 Å². The Morgan fingerprint density at radius 2 is 1.88 bits per heavy atom. The van der Waals surface area contributed by atoms with Crippen LogP contribution < -0.4 is 11.1 Å². The molecule has 4 aromatic rings. The van der Waals surface area contributed by atoms with Crippen LogP contribution in [-0.2, 0) is 4.79 Å². The molecule has 0 radical (unpaired) electrons. The molecular weight excluding hydrogens is 324 g/mol. The largest absolute Gasteiger partial charge is 0.330 e. The van der Waals surface area contributed by atoms with Crippen molar-refractivity contribution in [3.05, 3.63) is 72.4 Å². The number of carbonyl (C=O) groups excluding carboxylic acids is 1. The monoisotopic (exact) mass is 344 g/mol. The second-order valence-corrected chi connectivity index (χ2v) is 6.40. The molecule has 1 aromatic heterocycles. The average Bonchev–Trinajstić information content (AvgIpc) is 3.13. The summed E-state index contributed by atoms with van der Waals surface area (Å²) in [5.41, 5.74) is 8.46. The van der Waals surface area contributed by atoms with Crippen LogP contribution in [0, 0.1) is 0 Å². The second kappa shape index (κ2) is 6.98. The van der Waals surface area contributed by atoms with Crippen LogP contribution in [0.3, 0.4) is 0 Å². The number of amides is 1. The number of hydrogen-bond acceptors (Lipinski definition) is 3. The van der Waals surface area contributed by atoms with Crippen LogP contribution in [-0.4, -0.2) is 22.6 Å². The zero-order valence-electron chi connectivity index (χ0n) is 14.3. The van der Waals surface area contributed by atoms with Gasteiger partial charge >= 0.3 is 0 Å². The van der Waals surface area contributed by atoms with E-state index in [1.807, 2.05) is 36.4 Å². The van der Waals surface area contributed by atoms with E-state index in [1.165, 1.54) is 0 Å². The lowest BCUT2D eigenvalue weighted by molar-refractivity contribution is -0.117. The molecule has 0 aliphatic carbocycles. The van der Waals surface area contributed by atoms with Crippen molar-refractivity contribution in [2.24, 2.45) is 5.73 Å². The van der Waals surface area contributed by atoms with E-state index in [2.05, 4.69) is 39.8 Å². The molecule has 3 aromatic carbocycles. The lowest BCUT2D eigenvalue weighted by Gasteiger charge is -2.17. The Hall–Kier alpha value is -3.18. The van der Waals surface area contributed by atoms with Gasteiger partial charge in [-0.15, -0.1) is 0 Å². The van der Waals surface area contributed by atoms with Crippen LogP contribution in [0.4, 0.5) is 5.69 Å². The van der Waals surface area contributed by atoms with Gasteiger partial charge in [0.05, 0.1) is 17.6 Å². The zero-order valence-corrected chi connectivity index (χ0v) is 14.3. The fraction of sp³-hybridized carbons (Fsp3) is 0.143. The third kappa shape index (κ3) is 3.17. The summed E-state index contributed by atoms with van der Waals surface area (Å²) in [5.74, 6) is -0.335. The van der Waals surface area contributed by atoms with Gasteiger partial charge in [0, 0.05) is 11.1 Å². The topological polar surface area (TPSA) is 83.8 Å². The van der Waals surface area contributed by atoms with Crippen molar-refractivity contribution >= 4 is 33.3 Å². The Kier molecular flexibility index (Phi) is 4.37. The summed E-state index contributed by atoms with van der Waals surface area (Å²) in [6.45, 7) is 0.450. The number of carbonyl (C=O) groups is 1. The van der Waals surface area contributed by atoms with Crippen LogP contribution in [0.5, 0.6) is 0 Å². The first kappa shape index (κ1) is 16.3. The van der Waals surface area contributed by atoms with Crippen LogP contribution in [0.1, 0.15) is 17.9 Å². The third-order valence-electron chi connectivity index (χ3n) is 4.66. The minimum atomic E-state index is -0.287. The maximum absolute atomic E-state index is 12.9. The molecule has 1 heterocycles. The molecule has 0 saturated carbocycles. The normalized spacial score (nSPS) is 12.3. The predicted molar refractivity (Wildman–Crippen MR) is 105 cm³/mol. The highest BCUT2D eigenvalue weighted by Crippen LogP contribution is 2.26. The highest BCUT2D eigenvalue weighted by Gasteiger charge is 2.20. The zero-order chi connectivity index (χ0) is 17.9. The van der Waals surface area contributed by atoms with Crippen molar-refractivity contribution in [2.45, 2.75) is 12.3 Å². The summed E-state index contributed by atoms with van der Waals surface area (Å²) < 4.78 is 0. The summed E-state index contributed by atoms with van der Waals surface area (Å²) in [7, 11) is 0. The summed E-state index contributed by atoms with van der Waals surface area (Å²) in [5, 5.41) is 13.2. The number of anilines is 1. The number of nitrogens with zero attached hydrogens (tertiary/aromatic N) is 1. The van der Waals surface area contributed by atoms with Gasteiger partial charge < -0.3 is 11.1 Å². The fourth-order valence-electron chi connectivity index (χ4n) is 3.29. The number of H-pyrrole nitrogens is 1. The van der Waals surface area contributed by atoms with Crippen LogP contribution >= 0.6 is 0 Å². The number of nitrogens with two attached hydrogens (primary N) is 1. The van der Waals surface area contributed by atoms with Crippen molar-refractivity contribution in [3.63, 3.8) is 0 Å². The van der Waals surface area contributed by atoms with Gasteiger partial charge in [0.2, 0.25) is 5.91 Å². The summed E-state index contributed by atoms with van der Waals surface area (Å²) in [4.78, 5) is 12.9. The molecule has 26 heavy (non-hydrogen) atoms. The number of rotatable bonds is 5. The number of hydrogen-bond donors (Lipinski definition) is 3. The number of aromatic nitrogens is 2. The first-order valence-electron chi connectivity index (χ1n) is 8.67. The van der Waals surface area contributed by atoms with Crippen molar-refractivity contribution < 1.29 is 4.79 Å². The highest BCUT2D eigenvalue weighted by molar-refractivity contribution is 5.98. The SMILES string of the molecule is NCCC(C(=O)Nc1ccc2[nH]ncc2c1)c1ccc2ccccc2c1. The van der Waals surface area contributed by atoms with Crippen molar-refractivity contribution in [1.29, 1.82) is 0 Å². The van der Waals surface area contributed by atoms with E-state index in [0.29, 0.717) is 13.0 Å². The van der Waals surface area contributed by atoms with Gasteiger partial charge in [-0.25, -0.2) is 0 Å². The Labute approximate surface area is 151 Å². The van der Waals surface area contributed by atoms with Gasteiger partial charge in [0.1, 0.15) is 0 Å². The van der Waals surface area contributed by atoms with E-state index in [4.69, 9.17) is 5.73 Å². The van der Waals surface area contributed by atoms with E-state index in [1.54, 1.807) is 6.20 Å². The molecule has 1 atom stereocenters. The molecule has 0 bridgehead atoms. The van der Waals surface area contributed by atoms with E-state index in [-0.39, 0.29) is 11.8 Å². The molecule has 130 valence electrons. The molecule has 4 N–H and O–H groups in total. The maximum atomic E-state index is 12.9. The van der Waals surface area contributed by atoms with Gasteiger partial charge in [0.15, 0.2) is 0 Å². The summed E-state index contributed by atoms with van der Waals surface area (Å²) in [6, 6.07) is 20.0. The van der Waals surface area contributed by atoms with Crippen LogP contribution in [0.25, 0.3) is 21.7 Å². The van der Waals surface area contributed by atoms with Gasteiger partial charge in [-0.05, 0) is 47.5 Å². The number of fused-ring (bicyclic) bond motifs is 2. The fourth-order valence-corrected chi connectivity index (χ4v) is 3.29. The molecule has 1 amide bonds. The Morgan fingerprint density at radius 1 is 1.04 bits per heavy atom. The smallest absolute Gasteiger partial charge is 0.231 e. The Morgan fingerprint density at radius 3 is 2.73 bits per heavy atom. The third-order valence-corrected chi connectivity index (χ3v) is 4.66. The predicted octanol–water partition coefficient (Wildman–Crippen LogP) is 3.79. The van der Waals surface area contributed by atoms with Crippen molar-refractivity contribution in [2.75, 3.05) is 11.9 Å².